The van der Waals surface area contributed by atoms with Crippen molar-refractivity contribution in [2.24, 2.45) is 16.1 Å². The molecule has 0 saturated carbocycles. The Morgan fingerprint density at radius 3 is 1.58 bits per heavy atom. The third-order valence-corrected chi connectivity index (χ3v) is 3.87. The van der Waals surface area contributed by atoms with Crippen LogP contribution >= 0.6 is 0 Å². The summed E-state index contributed by atoms with van der Waals surface area (Å²) in [7, 11) is 0. The topological polar surface area (TPSA) is 88.1 Å². The second kappa shape index (κ2) is 9.52. The van der Waals surface area contributed by atoms with Crippen LogP contribution in [-0.4, -0.2) is 13.1 Å². The van der Waals surface area contributed by atoms with Gasteiger partial charge in [-0.05, 0) is 78.3 Å². The van der Waals surface area contributed by atoms with Crippen LogP contribution in [0.15, 0.2) is 58.9 Å². The van der Waals surface area contributed by atoms with Gasteiger partial charge in [0.2, 0.25) is 0 Å². The Balaban J connectivity index is 2.15. The normalized spacial score (nSPS) is 10.4. The molecule has 0 heterocycles. The Morgan fingerprint density at radius 1 is 0.708 bits per heavy atom. The fourth-order valence-electron chi connectivity index (χ4n) is 2.56. The molecule has 0 unspecified atom stereocenters. The van der Waals surface area contributed by atoms with E-state index in [-0.39, 0.29) is 0 Å². The Kier molecular flexibility index (Phi) is 7.04. The summed E-state index contributed by atoms with van der Waals surface area (Å²) < 4.78 is 0. The number of anilines is 2. The molecular formula is C18H22N4O2. The van der Waals surface area contributed by atoms with E-state index >= 15 is 0 Å². The molecule has 6 heteroatoms. The monoisotopic (exact) mass is 326 g/mol. The van der Waals surface area contributed by atoms with Gasteiger partial charge in [-0.15, -0.1) is 9.81 Å². The minimum atomic E-state index is 0.405. The number of hydrogen-bond acceptors (Lipinski definition) is 6. The largest absolute Gasteiger partial charge is 0.341 e. The van der Waals surface area contributed by atoms with E-state index in [1.807, 2.05) is 24.3 Å². The summed E-state index contributed by atoms with van der Waals surface area (Å²) in [5, 5.41) is 5.87. The van der Waals surface area contributed by atoms with Crippen molar-refractivity contribution in [2.75, 3.05) is 18.0 Å². The molecule has 0 atom stereocenters. The van der Waals surface area contributed by atoms with Crippen molar-refractivity contribution in [3.63, 3.8) is 0 Å². The van der Waals surface area contributed by atoms with Crippen LogP contribution < -0.4 is 10.6 Å². The molecular weight excluding hydrogens is 304 g/mol. The Morgan fingerprint density at radius 2 is 1.17 bits per heavy atom. The van der Waals surface area contributed by atoms with Crippen molar-refractivity contribution in [1.82, 2.24) is 0 Å². The van der Waals surface area contributed by atoms with Crippen LogP contribution in [0.25, 0.3) is 0 Å². The molecule has 0 aliphatic heterocycles. The van der Waals surface area contributed by atoms with Gasteiger partial charge < -0.3 is 10.6 Å². The number of nitrogens with zero attached hydrogens (tertiary/aromatic N) is 3. The fourth-order valence-corrected chi connectivity index (χ4v) is 2.56. The first-order valence-electron chi connectivity index (χ1n) is 8.13. The SMILES string of the molecule is NCCCCCCN(c1ccc(N=O)cc1)c1ccc(N=O)cc1. The maximum Gasteiger partial charge on any atom is 0.108 e. The molecule has 0 bridgehead atoms. The predicted molar refractivity (Wildman–Crippen MR) is 98.3 cm³/mol. The first-order chi connectivity index (χ1) is 11.8. The molecule has 0 fully saturated rings. The summed E-state index contributed by atoms with van der Waals surface area (Å²) in [4.78, 5) is 23.3. The summed E-state index contributed by atoms with van der Waals surface area (Å²) in [5.41, 5.74) is 8.30. The van der Waals surface area contributed by atoms with Gasteiger partial charge in [0.15, 0.2) is 0 Å². The van der Waals surface area contributed by atoms with E-state index in [9.17, 15) is 9.81 Å². The van der Waals surface area contributed by atoms with Crippen molar-refractivity contribution >= 4 is 22.7 Å². The summed E-state index contributed by atoms with van der Waals surface area (Å²) in [6, 6.07) is 14.3. The lowest BCUT2D eigenvalue weighted by molar-refractivity contribution is 0.648. The third-order valence-electron chi connectivity index (χ3n) is 3.87. The van der Waals surface area contributed by atoms with Crippen LogP contribution in [0.2, 0.25) is 0 Å². The van der Waals surface area contributed by atoms with Crippen molar-refractivity contribution in [3.8, 4) is 0 Å². The van der Waals surface area contributed by atoms with Crippen molar-refractivity contribution in [1.29, 1.82) is 0 Å². The van der Waals surface area contributed by atoms with Gasteiger partial charge >= 0.3 is 0 Å². The predicted octanol–water partition coefficient (Wildman–Crippen LogP) is 5.14. The molecule has 0 saturated heterocycles. The van der Waals surface area contributed by atoms with Gasteiger partial charge in [-0.25, -0.2) is 0 Å². The van der Waals surface area contributed by atoms with Crippen LogP contribution in [0.1, 0.15) is 25.7 Å². The van der Waals surface area contributed by atoms with Crippen LogP contribution in [0.3, 0.4) is 0 Å². The summed E-state index contributed by atoms with van der Waals surface area (Å²) in [6.45, 7) is 1.57. The molecule has 2 rings (SSSR count). The van der Waals surface area contributed by atoms with Crippen molar-refractivity contribution in [2.45, 2.75) is 25.7 Å². The van der Waals surface area contributed by atoms with E-state index in [0.29, 0.717) is 11.4 Å². The van der Waals surface area contributed by atoms with Crippen LogP contribution in [-0.2, 0) is 0 Å². The number of unbranched alkanes of at least 4 members (excludes halogenated alkanes) is 3. The van der Waals surface area contributed by atoms with E-state index in [1.165, 1.54) is 0 Å². The van der Waals surface area contributed by atoms with Gasteiger partial charge in [0.25, 0.3) is 0 Å². The molecule has 0 aromatic heterocycles. The molecule has 6 nitrogen and oxygen atoms in total. The second-order valence-corrected chi connectivity index (χ2v) is 5.57. The molecule has 2 N–H and O–H groups in total. The van der Waals surface area contributed by atoms with E-state index in [2.05, 4.69) is 15.3 Å². The van der Waals surface area contributed by atoms with Crippen molar-refractivity contribution < 1.29 is 0 Å². The number of rotatable bonds is 10. The Labute approximate surface area is 141 Å². The van der Waals surface area contributed by atoms with Gasteiger partial charge in [-0.3, -0.25) is 0 Å². The minimum Gasteiger partial charge on any atom is -0.341 e. The molecule has 0 amide bonds. The average Bonchev–Trinajstić information content (AvgIpc) is 2.65. The van der Waals surface area contributed by atoms with Crippen molar-refractivity contribution in [3.05, 3.63) is 58.3 Å². The third kappa shape index (κ3) is 4.96. The molecule has 24 heavy (non-hydrogen) atoms. The number of nitroso groups, excluding NO2 is 2. The lowest BCUT2D eigenvalue weighted by Gasteiger charge is -2.25. The fraction of sp³-hybridized carbons (Fsp3) is 0.333. The van der Waals surface area contributed by atoms with Gasteiger partial charge in [0.1, 0.15) is 11.4 Å². The molecule has 2 aromatic carbocycles. The molecule has 0 aliphatic rings. The summed E-state index contributed by atoms with van der Waals surface area (Å²) in [5.74, 6) is 0. The maximum atomic E-state index is 10.6. The Hall–Kier alpha value is -2.60. The van der Waals surface area contributed by atoms with Gasteiger partial charge in [0, 0.05) is 17.9 Å². The molecule has 0 radical (unpaired) electrons. The zero-order valence-electron chi connectivity index (χ0n) is 13.6. The molecule has 0 aliphatic carbocycles. The van der Waals surface area contributed by atoms with Crippen LogP contribution in [0.4, 0.5) is 22.7 Å². The van der Waals surface area contributed by atoms with Gasteiger partial charge in [-0.1, -0.05) is 12.8 Å². The first-order valence-corrected chi connectivity index (χ1v) is 8.13. The number of benzene rings is 2. The smallest absolute Gasteiger partial charge is 0.108 e. The van der Waals surface area contributed by atoms with Crippen LogP contribution in [0.5, 0.6) is 0 Å². The zero-order chi connectivity index (χ0) is 17.2. The highest BCUT2D eigenvalue weighted by Crippen LogP contribution is 2.29. The van der Waals surface area contributed by atoms with Crippen LogP contribution in [0, 0.1) is 9.81 Å². The lowest BCUT2D eigenvalue weighted by atomic mass is 10.1. The summed E-state index contributed by atoms with van der Waals surface area (Å²) in [6.07, 6.45) is 4.29. The molecule has 126 valence electrons. The minimum absolute atomic E-state index is 0.405. The highest BCUT2D eigenvalue weighted by molar-refractivity contribution is 5.66. The highest BCUT2D eigenvalue weighted by Gasteiger charge is 2.10. The number of hydrogen-bond donors (Lipinski definition) is 1. The van der Waals surface area contributed by atoms with E-state index in [0.717, 1.165) is 50.1 Å². The molecule has 0 spiro atoms. The number of nitrogens with two attached hydrogens (primary N) is 1. The van der Waals surface area contributed by atoms with E-state index in [4.69, 9.17) is 5.73 Å². The van der Waals surface area contributed by atoms with E-state index in [1.54, 1.807) is 24.3 Å². The Bertz CT molecular complexity index is 590. The maximum absolute atomic E-state index is 10.6. The highest BCUT2D eigenvalue weighted by atomic mass is 16.3. The van der Waals surface area contributed by atoms with Gasteiger partial charge in [-0.2, -0.15) is 0 Å². The lowest BCUT2D eigenvalue weighted by Crippen LogP contribution is -2.18. The van der Waals surface area contributed by atoms with E-state index < -0.39 is 0 Å². The first kappa shape index (κ1) is 17.7. The standard InChI is InChI=1S/C18H22N4O2/c19-13-3-1-2-4-14-22(17-9-5-15(20-23)6-10-17)18-11-7-16(21-24)8-12-18/h5-12H,1-4,13-14,19H2. The quantitative estimate of drug-likeness (QED) is 0.483. The zero-order valence-corrected chi connectivity index (χ0v) is 13.6. The van der Waals surface area contributed by atoms with Gasteiger partial charge in [0.05, 0.1) is 0 Å². The summed E-state index contributed by atoms with van der Waals surface area (Å²) >= 11 is 0. The second-order valence-electron chi connectivity index (χ2n) is 5.57. The molecule has 2 aromatic rings. The average molecular weight is 326 g/mol.